The van der Waals surface area contributed by atoms with E-state index in [1.807, 2.05) is 36.5 Å². The molecule has 2 atom stereocenters. The lowest BCUT2D eigenvalue weighted by Crippen LogP contribution is -2.34. The minimum absolute atomic E-state index is 0.00534. The quantitative estimate of drug-likeness (QED) is 0.709. The number of benzene rings is 2. The fourth-order valence-corrected chi connectivity index (χ4v) is 4.32. The summed E-state index contributed by atoms with van der Waals surface area (Å²) in [7, 11) is 0. The van der Waals surface area contributed by atoms with Crippen LogP contribution < -0.4 is 19.5 Å². The van der Waals surface area contributed by atoms with Gasteiger partial charge in [-0.3, -0.25) is 4.79 Å². The van der Waals surface area contributed by atoms with Crippen LogP contribution in [0.5, 0.6) is 17.2 Å². The van der Waals surface area contributed by atoms with Crippen molar-refractivity contribution in [2.45, 2.75) is 18.4 Å². The van der Waals surface area contributed by atoms with E-state index < -0.39 is 0 Å². The molecule has 0 bridgehead atoms. The van der Waals surface area contributed by atoms with Crippen molar-refractivity contribution in [3.63, 3.8) is 0 Å². The lowest BCUT2D eigenvalue weighted by Gasteiger charge is -2.21. The first-order valence-electron chi connectivity index (χ1n) is 8.76. The van der Waals surface area contributed by atoms with Crippen LogP contribution >= 0.6 is 0 Å². The first-order chi connectivity index (χ1) is 12.8. The molecule has 6 rings (SSSR count). The Morgan fingerprint density at radius 2 is 1.92 bits per heavy atom. The summed E-state index contributed by atoms with van der Waals surface area (Å²) in [4.78, 5) is 16.3. The number of aromatic nitrogens is 1. The number of amides is 1. The largest absolute Gasteiger partial charge is 0.484 e. The summed E-state index contributed by atoms with van der Waals surface area (Å²) in [5, 5.41) is 4.19. The van der Waals surface area contributed by atoms with Gasteiger partial charge in [0, 0.05) is 29.2 Å². The maximum atomic E-state index is 13.0. The summed E-state index contributed by atoms with van der Waals surface area (Å²) < 4.78 is 17.2. The van der Waals surface area contributed by atoms with Crippen LogP contribution in [0.3, 0.4) is 0 Å². The van der Waals surface area contributed by atoms with Gasteiger partial charge in [-0.05, 0) is 41.8 Å². The molecule has 1 aromatic heterocycles. The Kier molecular flexibility index (Phi) is 2.67. The van der Waals surface area contributed by atoms with Crippen LogP contribution in [0, 0.1) is 0 Å². The number of ether oxygens (including phenoxy) is 3. The molecule has 6 nitrogen and oxygen atoms in total. The number of nitrogens with one attached hydrogen (secondary N) is 2. The van der Waals surface area contributed by atoms with Gasteiger partial charge in [0.25, 0.3) is 0 Å². The van der Waals surface area contributed by atoms with E-state index in [1.165, 1.54) is 5.56 Å². The molecule has 0 saturated heterocycles. The van der Waals surface area contributed by atoms with Crippen molar-refractivity contribution >= 4 is 16.8 Å². The highest BCUT2D eigenvalue weighted by atomic mass is 16.7. The molecule has 0 spiro atoms. The van der Waals surface area contributed by atoms with Gasteiger partial charge in [-0.1, -0.05) is 6.07 Å². The second-order valence-corrected chi connectivity index (χ2v) is 6.88. The van der Waals surface area contributed by atoms with E-state index in [-0.39, 0.29) is 24.7 Å². The monoisotopic (exact) mass is 348 g/mol. The Labute approximate surface area is 149 Å². The first kappa shape index (κ1) is 14.1. The summed E-state index contributed by atoms with van der Waals surface area (Å²) in [6, 6.07) is 9.72. The molecule has 1 amide bonds. The van der Waals surface area contributed by atoms with Crippen LogP contribution in [0.15, 0.2) is 36.5 Å². The molecular formula is C20H16N2O4. The summed E-state index contributed by atoms with van der Waals surface area (Å²) in [5.74, 6) is 1.82. The molecule has 0 aliphatic carbocycles. The number of hydrogen-bond acceptors (Lipinski definition) is 4. The van der Waals surface area contributed by atoms with Crippen molar-refractivity contribution in [3.05, 3.63) is 53.2 Å². The van der Waals surface area contributed by atoms with Crippen molar-refractivity contribution in [1.29, 1.82) is 0 Å². The average molecular weight is 348 g/mol. The number of carbonyl (C=O) groups excluding carboxylic acids is 1. The van der Waals surface area contributed by atoms with Crippen LogP contribution in [0.2, 0.25) is 0 Å². The Hall–Kier alpha value is -3.15. The molecule has 3 aliphatic rings. The number of carbonyl (C=O) groups is 1. The lowest BCUT2D eigenvalue weighted by molar-refractivity contribution is -0.124. The van der Waals surface area contributed by atoms with E-state index >= 15 is 0 Å². The fourth-order valence-electron chi connectivity index (χ4n) is 4.32. The van der Waals surface area contributed by atoms with Gasteiger partial charge in [0.2, 0.25) is 12.7 Å². The molecule has 2 N–H and O–H groups in total. The predicted molar refractivity (Wildman–Crippen MR) is 93.7 cm³/mol. The van der Waals surface area contributed by atoms with Gasteiger partial charge in [-0.2, -0.15) is 0 Å². The Bertz CT molecular complexity index is 1070. The molecule has 2 aromatic carbocycles. The number of fused-ring (bicyclic) bond motifs is 1. The third-order valence-corrected chi connectivity index (χ3v) is 5.50. The van der Waals surface area contributed by atoms with E-state index in [9.17, 15) is 4.79 Å². The van der Waals surface area contributed by atoms with E-state index in [0.29, 0.717) is 12.3 Å². The zero-order valence-corrected chi connectivity index (χ0v) is 13.9. The molecule has 0 radical (unpaired) electrons. The zero-order chi connectivity index (χ0) is 17.3. The maximum Gasteiger partial charge on any atom is 0.231 e. The van der Waals surface area contributed by atoms with Gasteiger partial charge in [-0.15, -0.1) is 0 Å². The number of hydrogen-bond donors (Lipinski definition) is 2. The summed E-state index contributed by atoms with van der Waals surface area (Å²) in [6.45, 7) is 0.849. The molecule has 3 aliphatic heterocycles. The highest BCUT2D eigenvalue weighted by Crippen LogP contribution is 2.51. The predicted octanol–water partition coefficient (Wildman–Crippen LogP) is 2.79. The zero-order valence-electron chi connectivity index (χ0n) is 13.9. The lowest BCUT2D eigenvalue weighted by atomic mass is 9.86. The first-order valence-corrected chi connectivity index (χ1v) is 8.76. The third kappa shape index (κ3) is 1.78. The Morgan fingerprint density at radius 3 is 2.88 bits per heavy atom. The summed E-state index contributed by atoms with van der Waals surface area (Å²) >= 11 is 0. The fraction of sp³-hybridized carbons (Fsp3) is 0.250. The van der Waals surface area contributed by atoms with Crippen molar-refractivity contribution in [2.75, 3.05) is 13.3 Å². The summed E-state index contributed by atoms with van der Waals surface area (Å²) in [6.07, 6.45) is 2.46. The second kappa shape index (κ2) is 4.94. The van der Waals surface area contributed by atoms with Crippen LogP contribution in [-0.4, -0.2) is 24.2 Å². The number of rotatable bonds is 1. The smallest absolute Gasteiger partial charge is 0.231 e. The van der Waals surface area contributed by atoms with E-state index in [4.69, 9.17) is 14.2 Å². The highest BCUT2D eigenvalue weighted by Gasteiger charge is 2.43. The molecule has 0 fully saturated rings. The van der Waals surface area contributed by atoms with E-state index in [2.05, 4.69) is 10.3 Å². The molecular weight excluding hydrogens is 332 g/mol. The molecule has 2 unspecified atom stereocenters. The molecule has 26 heavy (non-hydrogen) atoms. The van der Waals surface area contributed by atoms with Crippen molar-refractivity contribution in [2.24, 2.45) is 0 Å². The van der Waals surface area contributed by atoms with Gasteiger partial charge < -0.3 is 24.5 Å². The minimum atomic E-state index is -0.385. The molecule has 3 aromatic rings. The highest BCUT2D eigenvalue weighted by molar-refractivity contribution is 5.97. The van der Waals surface area contributed by atoms with Crippen LogP contribution in [-0.2, 0) is 11.2 Å². The minimum Gasteiger partial charge on any atom is -0.484 e. The van der Waals surface area contributed by atoms with Gasteiger partial charge in [0.15, 0.2) is 11.5 Å². The standard InChI is InChI=1S/C20H16N2O4/c23-20-18-17-14(4-2-12-16(17)11(8-22-12)5-6-21-20)26-19(18)10-1-3-13-15(7-10)25-9-24-13/h1-4,7-8,18-19,22H,5-6,9H2,(H,21,23). The normalized spacial score (nSPS) is 22.7. The van der Waals surface area contributed by atoms with Gasteiger partial charge in [-0.25, -0.2) is 0 Å². The van der Waals surface area contributed by atoms with E-state index in [0.717, 1.165) is 39.9 Å². The third-order valence-electron chi connectivity index (χ3n) is 5.50. The molecule has 4 heterocycles. The molecule has 0 saturated carbocycles. The second-order valence-electron chi connectivity index (χ2n) is 6.88. The molecule has 6 heteroatoms. The van der Waals surface area contributed by atoms with Crippen molar-refractivity contribution in [1.82, 2.24) is 10.3 Å². The SMILES string of the molecule is O=C1NCCc2c[nH]c3ccc4c(c23)C1C(c1ccc2c(c1)OCO2)O4. The average Bonchev–Trinajstić information content (AvgIpc) is 3.35. The topological polar surface area (TPSA) is 72.6 Å². The Morgan fingerprint density at radius 1 is 1.04 bits per heavy atom. The van der Waals surface area contributed by atoms with Crippen LogP contribution in [0.1, 0.15) is 28.7 Å². The van der Waals surface area contributed by atoms with Crippen molar-refractivity contribution in [3.8, 4) is 17.2 Å². The number of aromatic amines is 1. The van der Waals surface area contributed by atoms with Gasteiger partial charge in [0.1, 0.15) is 17.8 Å². The van der Waals surface area contributed by atoms with E-state index in [1.54, 1.807) is 0 Å². The molecule has 130 valence electrons. The number of H-pyrrole nitrogens is 1. The Balaban J connectivity index is 1.55. The van der Waals surface area contributed by atoms with Crippen molar-refractivity contribution < 1.29 is 19.0 Å². The summed E-state index contributed by atoms with van der Waals surface area (Å²) in [5.41, 5.74) is 4.17. The maximum absolute atomic E-state index is 13.0. The van der Waals surface area contributed by atoms with Gasteiger partial charge in [0.05, 0.1) is 0 Å². The van der Waals surface area contributed by atoms with Crippen LogP contribution in [0.4, 0.5) is 0 Å². The van der Waals surface area contributed by atoms with Gasteiger partial charge >= 0.3 is 0 Å². The van der Waals surface area contributed by atoms with Crippen LogP contribution in [0.25, 0.3) is 10.9 Å².